The highest BCUT2D eigenvalue weighted by Crippen LogP contribution is 2.32. The number of halogens is 2. The fourth-order valence-electron chi connectivity index (χ4n) is 3.80. The molecule has 1 fully saturated rings. The summed E-state index contributed by atoms with van der Waals surface area (Å²) in [6, 6.07) is 10.7. The second-order valence-electron chi connectivity index (χ2n) is 7.24. The minimum absolute atomic E-state index is 0.172. The number of carbonyl (C=O) groups is 1. The number of aromatic hydroxyl groups is 1. The van der Waals surface area contributed by atoms with Gasteiger partial charge in [0.1, 0.15) is 17.4 Å². The highest BCUT2D eigenvalue weighted by molar-refractivity contribution is 5.98. The summed E-state index contributed by atoms with van der Waals surface area (Å²) in [5.74, 6) is -0.729. The summed E-state index contributed by atoms with van der Waals surface area (Å²) in [6.45, 7) is 0.736. The molecule has 1 saturated carbocycles. The van der Waals surface area contributed by atoms with E-state index >= 15 is 0 Å². The van der Waals surface area contributed by atoms with E-state index in [2.05, 4.69) is 5.32 Å². The van der Waals surface area contributed by atoms with Gasteiger partial charge in [-0.3, -0.25) is 4.79 Å². The fourth-order valence-corrected chi connectivity index (χ4v) is 3.80. The normalized spacial score (nSPS) is 19.8. The first-order chi connectivity index (χ1) is 13.0. The van der Waals surface area contributed by atoms with E-state index in [1.54, 1.807) is 0 Å². The van der Waals surface area contributed by atoms with Gasteiger partial charge in [0.15, 0.2) is 5.78 Å². The van der Waals surface area contributed by atoms with Crippen molar-refractivity contribution in [1.29, 1.82) is 0 Å². The maximum Gasteiger partial charge on any atom is 0.166 e. The van der Waals surface area contributed by atoms with Gasteiger partial charge in [0.05, 0.1) is 5.56 Å². The Labute approximate surface area is 158 Å². The summed E-state index contributed by atoms with van der Waals surface area (Å²) in [5, 5.41) is 13.2. The van der Waals surface area contributed by atoms with Gasteiger partial charge in [0, 0.05) is 18.5 Å². The molecule has 144 valence electrons. The maximum atomic E-state index is 13.0. The molecule has 0 heterocycles. The van der Waals surface area contributed by atoms with Crippen molar-refractivity contribution >= 4 is 5.78 Å². The lowest BCUT2D eigenvalue weighted by Gasteiger charge is -2.29. The average Bonchev–Trinajstić information content (AvgIpc) is 2.66. The zero-order chi connectivity index (χ0) is 19.2. The minimum Gasteiger partial charge on any atom is -0.507 e. The van der Waals surface area contributed by atoms with E-state index < -0.39 is 5.82 Å². The molecule has 27 heavy (non-hydrogen) atoms. The molecular weight excluding hydrogens is 348 g/mol. The molecule has 5 heteroatoms. The first kappa shape index (κ1) is 19.5. The third-order valence-corrected chi connectivity index (χ3v) is 5.34. The number of ketones is 1. The zero-order valence-corrected chi connectivity index (χ0v) is 15.3. The van der Waals surface area contributed by atoms with Crippen LogP contribution in [0.25, 0.3) is 0 Å². The molecular formula is C22H25F2NO2. The second kappa shape index (κ2) is 9.09. The van der Waals surface area contributed by atoms with Gasteiger partial charge < -0.3 is 10.4 Å². The zero-order valence-electron chi connectivity index (χ0n) is 15.3. The Morgan fingerprint density at radius 1 is 1.00 bits per heavy atom. The number of phenols is 1. The number of rotatable bonds is 7. The summed E-state index contributed by atoms with van der Waals surface area (Å²) in [4.78, 5) is 12.1. The van der Waals surface area contributed by atoms with Crippen LogP contribution in [-0.4, -0.2) is 23.5 Å². The number of hydrogen-bond donors (Lipinski definition) is 2. The first-order valence-electron chi connectivity index (χ1n) is 9.53. The van der Waals surface area contributed by atoms with E-state index in [-0.39, 0.29) is 22.9 Å². The molecule has 0 amide bonds. The molecule has 0 radical (unpaired) electrons. The van der Waals surface area contributed by atoms with Gasteiger partial charge in [-0.05, 0) is 74.4 Å². The van der Waals surface area contributed by atoms with Gasteiger partial charge in [-0.25, -0.2) is 8.78 Å². The van der Waals surface area contributed by atoms with E-state index in [1.165, 1.54) is 29.8 Å². The lowest BCUT2D eigenvalue weighted by molar-refractivity contribution is 0.0977. The van der Waals surface area contributed by atoms with Gasteiger partial charge in [0.25, 0.3) is 0 Å². The summed E-state index contributed by atoms with van der Waals surface area (Å²) < 4.78 is 26.0. The molecule has 1 aliphatic rings. The van der Waals surface area contributed by atoms with Crippen molar-refractivity contribution in [3.05, 3.63) is 65.2 Å². The van der Waals surface area contributed by atoms with Crippen LogP contribution in [0.5, 0.6) is 5.75 Å². The first-order valence-corrected chi connectivity index (χ1v) is 9.53. The molecule has 0 saturated heterocycles. The predicted molar refractivity (Wildman–Crippen MR) is 101 cm³/mol. The quantitative estimate of drug-likeness (QED) is 0.533. The predicted octanol–water partition coefficient (Wildman–Crippen LogP) is 4.95. The Morgan fingerprint density at radius 2 is 1.67 bits per heavy atom. The Bertz CT molecular complexity index is 768. The largest absolute Gasteiger partial charge is 0.507 e. The van der Waals surface area contributed by atoms with Crippen molar-refractivity contribution in [2.75, 3.05) is 6.54 Å². The Kier molecular flexibility index (Phi) is 6.56. The topological polar surface area (TPSA) is 49.3 Å². The Morgan fingerprint density at radius 3 is 2.33 bits per heavy atom. The molecule has 0 atom stereocenters. The molecule has 1 aliphatic carbocycles. The summed E-state index contributed by atoms with van der Waals surface area (Å²) >= 11 is 0. The number of hydrogen-bond acceptors (Lipinski definition) is 3. The number of Topliss-reactive ketones (excluding diaryl/α,β-unsaturated/α-hetero) is 1. The molecule has 0 aliphatic heterocycles. The molecule has 2 aromatic carbocycles. The summed E-state index contributed by atoms with van der Waals surface area (Å²) in [6.07, 6.45) is 5.27. The van der Waals surface area contributed by atoms with Crippen molar-refractivity contribution in [1.82, 2.24) is 5.32 Å². The van der Waals surface area contributed by atoms with Crippen LogP contribution in [0.2, 0.25) is 0 Å². The van der Waals surface area contributed by atoms with Gasteiger partial charge in [-0.1, -0.05) is 12.1 Å². The molecule has 3 nitrogen and oxygen atoms in total. The molecule has 0 unspecified atom stereocenters. The van der Waals surface area contributed by atoms with Crippen LogP contribution in [-0.2, 0) is 0 Å². The standard InChI is InChI=1S/C22H25F2NO2/c23-17-7-3-15(4-8-17)16-5-10-19(11-6-16)25-13-1-2-21(26)20-12-9-18(24)14-22(20)27/h3-4,7-9,12,14,16,19,25,27H,1-2,5-6,10-11,13H2. The van der Waals surface area contributed by atoms with Crippen molar-refractivity contribution in [2.45, 2.75) is 50.5 Å². The average molecular weight is 373 g/mol. The molecule has 0 bridgehead atoms. The van der Waals surface area contributed by atoms with Gasteiger partial charge in [0.2, 0.25) is 0 Å². The number of benzene rings is 2. The summed E-state index contributed by atoms with van der Waals surface area (Å²) in [5.41, 5.74) is 1.38. The lowest BCUT2D eigenvalue weighted by atomic mass is 9.82. The van der Waals surface area contributed by atoms with E-state index in [4.69, 9.17) is 0 Å². The van der Waals surface area contributed by atoms with Gasteiger partial charge in [-0.2, -0.15) is 0 Å². The van der Waals surface area contributed by atoms with Crippen molar-refractivity contribution in [2.24, 2.45) is 0 Å². The Balaban J connectivity index is 1.37. The molecule has 0 aromatic heterocycles. The van der Waals surface area contributed by atoms with E-state index in [0.717, 1.165) is 38.3 Å². The molecule has 3 rings (SSSR count). The molecule has 2 N–H and O–H groups in total. The Hall–Kier alpha value is -2.27. The molecule has 0 spiro atoms. The van der Waals surface area contributed by atoms with E-state index in [1.807, 2.05) is 12.1 Å². The fraction of sp³-hybridized carbons (Fsp3) is 0.409. The lowest BCUT2D eigenvalue weighted by Crippen LogP contribution is -2.33. The van der Waals surface area contributed by atoms with Crippen LogP contribution >= 0.6 is 0 Å². The van der Waals surface area contributed by atoms with E-state index in [0.29, 0.717) is 24.8 Å². The SMILES string of the molecule is O=C(CCCNC1CCC(c2ccc(F)cc2)CC1)c1ccc(F)cc1O. The van der Waals surface area contributed by atoms with Gasteiger partial charge >= 0.3 is 0 Å². The van der Waals surface area contributed by atoms with E-state index in [9.17, 15) is 18.7 Å². The van der Waals surface area contributed by atoms with Crippen molar-refractivity contribution < 1.29 is 18.7 Å². The van der Waals surface area contributed by atoms with Crippen molar-refractivity contribution in [3.63, 3.8) is 0 Å². The highest BCUT2D eigenvalue weighted by atomic mass is 19.1. The van der Waals surface area contributed by atoms with Gasteiger partial charge in [-0.15, -0.1) is 0 Å². The highest BCUT2D eigenvalue weighted by Gasteiger charge is 2.22. The third kappa shape index (κ3) is 5.36. The summed E-state index contributed by atoms with van der Waals surface area (Å²) in [7, 11) is 0. The van der Waals surface area contributed by atoms with Crippen molar-refractivity contribution in [3.8, 4) is 5.75 Å². The van der Waals surface area contributed by atoms with Crippen LogP contribution in [0.15, 0.2) is 42.5 Å². The number of carbonyl (C=O) groups excluding carboxylic acids is 1. The van der Waals surface area contributed by atoms with Crippen LogP contribution in [0.3, 0.4) is 0 Å². The third-order valence-electron chi connectivity index (χ3n) is 5.34. The van der Waals surface area contributed by atoms with Crippen LogP contribution in [0.4, 0.5) is 8.78 Å². The van der Waals surface area contributed by atoms with Crippen LogP contribution in [0.1, 0.15) is 60.4 Å². The second-order valence-corrected chi connectivity index (χ2v) is 7.24. The van der Waals surface area contributed by atoms with Crippen LogP contribution < -0.4 is 5.32 Å². The monoisotopic (exact) mass is 373 g/mol. The maximum absolute atomic E-state index is 13.0. The van der Waals surface area contributed by atoms with Crippen LogP contribution in [0, 0.1) is 11.6 Å². The number of nitrogens with one attached hydrogen (secondary N) is 1. The molecule has 2 aromatic rings. The number of phenolic OH excluding ortho intramolecular Hbond substituents is 1. The minimum atomic E-state index is -0.554. The smallest absolute Gasteiger partial charge is 0.166 e.